The lowest BCUT2D eigenvalue weighted by Gasteiger charge is -2.24. The fourth-order valence-electron chi connectivity index (χ4n) is 2.92. The van der Waals surface area contributed by atoms with Crippen LogP contribution in [0.4, 0.5) is 0 Å². The predicted octanol–water partition coefficient (Wildman–Crippen LogP) is 5.12. The highest BCUT2D eigenvalue weighted by Gasteiger charge is 2.27. The molecule has 3 nitrogen and oxygen atoms in total. The summed E-state index contributed by atoms with van der Waals surface area (Å²) in [6.45, 7) is 19.1. The van der Waals surface area contributed by atoms with Gasteiger partial charge in [0, 0.05) is 17.3 Å². The van der Waals surface area contributed by atoms with Crippen molar-refractivity contribution in [3.8, 4) is 11.3 Å². The standard InChI is InChI=1S/C21H32N2O/c1-19(2,3)16-12-10-15(11-13-16)17-14-22(20(4,5)6)18(24)23(17)21(7,8)9/h10-14H,1-9H3. The summed E-state index contributed by atoms with van der Waals surface area (Å²) in [6, 6.07) is 8.59. The quantitative estimate of drug-likeness (QED) is 0.713. The zero-order valence-electron chi connectivity index (χ0n) is 16.7. The Morgan fingerprint density at radius 3 is 1.62 bits per heavy atom. The molecule has 0 spiro atoms. The molecule has 2 rings (SSSR count). The fraction of sp³-hybridized carbons (Fsp3) is 0.571. The number of imidazole rings is 1. The second-order valence-corrected chi connectivity index (χ2v) is 9.67. The molecule has 24 heavy (non-hydrogen) atoms. The average Bonchev–Trinajstić information content (AvgIpc) is 2.75. The molecule has 0 radical (unpaired) electrons. The number of nitrogens with zero attached hydrogens (tertiary/aromatic N) is 2. The van der Waals surface area contributed by atoms with E-state index in [4.69, 9.17) is 0 Å². The van der Waals surface area contributed by atoms with E-state index in [1.54, 1.807) is 0 Å². The van der Waals surface area contributed by atoms with E-state index in [9.17, 15) is 4.79 Å². The first-order valence-corrected chi connectivity index (χ1v) is 8.69. The molecular weight excluding hydrogens is 296 g/mol. The minimum Gasteiger partial charge on any atom is -0.293 e. The monoisotopic (exact) mass is 328 g/mol. The van der Waals surface area contributed by atoms with Crippen molar-refractivity contribution < 1.29 is 0 Å². The van der Waals surface area contributed by atoms with Crippen LogP contribution in [0.3, 0.4) is 0 Å². The van der Waals surface area contributed by atoms with E-state index in [1.165, 1.54) is 5.56 Å². The third kappa shape index (κ3) is 3.50. The van der Waals surface area contributed by atoms with Gasteiger partial charge in [0.25, 0.3) is 0 Å². The average molecular weight is 329 g/mol. The summed E-state index contributed by atoms with van der Waals surface area (Å²) in [5, 5.41) is 0. The van der Waals surface area contributed by atoms with Gasteiger partial charge in [0.05, 0.1) is 5.69 Å². The maximum absolute atomic E-state index is 13.0. The van der Waals surface area contributed by atoms with Crippen LogP contribution in [0.1, 0.15) is 67.9 Å². The summed E-state index contributed by atoms with van der Waals surface area (Å²) in [4.78, 5) is 13.0. The number of aromatic nitrogens is 2. The van der Waals surface area contributed by atoms with E-state index in [1.807, 2.05) is 15.3 Å². The normalized spacial score (nSPS) is 13.4. The number of hydrogen-bond donors (Lipinski definition) is 0. The highest BCUT2D eigenvalue weighted by molar-refractivity contribution is 5.60. The van der Waals surface area contributed by atoms with Crippen LogP contribution in [0.15, 0.2) is 35.3 Å². The summed E-state index contributed by atoms with van der Waals surface area (Å²) in [5.74, 6) is 0. The van der Waals surface area contributed by atoms with Crippen LogP contribution in [-0.4, -0.2) is 9.13 Å². The zero-order valence-corrected chi connectivity index (χ0v) is 16.7. The van der Waals surface area contributed by atoms with Gasteiger partial charge in [0.2, 0.25) is 0 Å². The van der Waals surface area contributed by atoms with Gasteiger partial charge in [-0.1, -0.05) is 45.0 Å². The third-order valence-electron chi connectivity index (χ3n) is 4.33. The molecule has 0 aliphatic rings. The van der Waals surface area contributed by atoms with E-state index >= 15 is 0 Å². The molecule has 1 aromatic carbocycles. The van der Waals surface area contributed by atoms with Gasteiger partial charge in [0.15, 0.2) is 0 Å². The molecule has 1 heterocycles. The van der Waals surface area contributed by atoms with Crippen molar-refractivity contribution in [3.63, 3.8) is 0 Å². The van der Waals surface area contributed by atoms with Crippen LogP contribution in [-0.2, 0) is 16.5 Å². The first kappa shape index (κ1) is 18.6. The van der Waals surface area contributed by atoms with Crippen molar-refractivity contribution in [3.05, 3.63) is 46.5 Å². The molecular formula is C21H32N2O. The van der Waals surface area contributed by atoms with Crippen molar-refractivity contribution in [2.45, 2.75) is 78.8 Å². The number of hydrogen-bond acceptors (Lipinski definition) is 1. The molecule has 0 saturated heterocycles. The zero-order chi connectivity index (χ0) is 18.5. The summed E-state index contributed by atoms with van der Waals surface area (Å²) in [7, 11) is 0. The van der Waals surface area contributed by atoms with Crippen molar-refractivity contribution in [2.24, 2.45) is 0 Å². The van der Waals surface area contributed by atoms with Gasteiger partial charge in [-0.2, -0.15) is 0 Å². The summed E-state index contributed by atoms with van der Waals surface area (Å²) in [5.41, 5.74) is 3.01. The Labute approximate surface area is 146 Å². The maximum atomic E-state index is 13.0. The lowest BCUT2D eigenvalue weighted by atomic mass is 9.86. The smallest absolute Gasteiger partial charge is 0.293 e. The Bertz CT molecular complexity index is 770. The molecule has 132 valence electrons. The highest BCUT2D eigenvalue weighted by atomic mass is 16.2. The Kier molecular flexibility index (Phi) is 4.37. The van der Waals surface area contributed by atoms with Crippen LogP contribution in [0, 0.1) is 0 Å². The van der Waals surface area contributed by atoms with Gasteiger partial charge in [-0.3, -0.25) is 9.13 Å². The highest BCUT2D eigenvalue weighted by Crippen LogP contribution is 2.29. The Morgan fingerprint density at radius 2 is 1.25 bits per heavy atom. The molecule has 0 aliphatic heterocycles. The fourth-order valence-corrected chi connectivity index (χ4v) is 2.92. The van der Waals surface area contributed by atoms with Gasteiger partial charge >= 0.3 is 5.69 Å². The SMILES string of the molecule is CC(C)(C)c1ccc(-c2cn(C(C)(C)C)c(=O)n2C(C)(C)C)cc1. The summed E-state index contributed by atoms with van der Waals surface area (Å²) in [6.07, 6.45) is 2.00. The minimum absolute atomic E-state index is 0.0462. The number of rotatable bonds is 1. The van der Waals surface area contributed by atoms with Crippen LogP contribution in [0.25, 0.3) is 11.3 Å². The van der Waals surface area contributed by atoms with E-state index in [0.717, 1.165) is 11.3 Å². The lowest BCUT2D eigenvalue weighted by molar-refractivity contribution is 0.343. The molecule has 3 heteroatoms. The van der Waals surface area contributed by atoms with E-state index in [-0.39, 0.29) is 22.2 Å². The number of benzene rings is 1. The Hall–Kier alpha value is -1.77. The first-order valence-electron chi connectivity index (χ1n) is 8.69. The molecule has 0 unspecified atom stereocenters. The van der Waals surface area contributed by atoms with Crippen molar-refractivity contribution in [1.82, 2.24) is 9.13 Å². The molecule has 0 aliphatic carbocycles. The van der Waals surface area contributed by atoms with Crippen molar-refractivity contribution in [1.29, 1.82) is 0 Å². The molecule has 0 saturated carbocycles. The molecule has 0 N–H and O–H groups in total. The minimum atomic E-state index is -0.272. The van der Waals surface area contributed by atoms with E-state index in [2.05, 4.69) is 86.6 Å². The second-order valence-electron chi connectivity index (χ2n) is 9.67. The first-order chi connectivity index (χ1) is 10.7. The molecule has 1 aromatic heterocycles. The van der Waals surface area contributed by atoms with Crippen LogP contribution < -0.4 is 5.69 Å². The molecule has 0 bridgehead atoms. The molecule has 2 aromatic rings. The van der Waals surface area contributed by atoms with E-state index in [0.29, 0.717) is 0 Å². The van der Waals surface area contributed by atoms with Crippen LogP contribution >= 0.6 is 0 Å². The lowest BCUT2D eigenvalue weighted by Crippen LogP contribution is -2.39. The maximum Gasteiger partial charge on any atom is 0.329 e. The van der Waals surface area contributed by atoms with Gasteiger partial charge in [-0.15, -0.1) is 0 Å². The second kappa shape index (κ2) is 5.65. The molecule has 0 fully saturated rings. The van der Waals surface area contributed by atoms with Gasteiger partial charge < -0.3 is 0 Å². The van der Waals surface area contributed by atoms with Gasteiger partial charge in [-0.05, 0) is 58.1 Å². The molecule has 0 atom stereocenters. The van der Waals surface area contributed by atoms with Gasteiger partial charge in [0.1, 0.15) is 0 Å². The van der Waals surface area contributed by atoms with E-state index < -0.39 is 0 Å². The summed E-state index contributed by atoms with van der Waals surface area (Å²) < 4.78 is 3.75. The Morgan fingerprint density at radius 1 is 0.750 bits per heavy atom. The van der Waals surface area contributed by atoms with Crippen LogP contribution in [0.5, 0.6) is 0 Å². The predicted molar refractivity (Wildman–Crippen MR) is 103 cm³/mol. The van der Waals surface area contributed by atoms with Crippen molar-refractivity contribution >= 4 is 0 Å². The summed E-state index contributed by atoms with van der Waals surface area (Å²) >= 11 is 0. The van der Waals surface area contributed by atoms with Gasteiger partial charge in [-0.25, -0.2) is 4.79 Å². The van der Waals surface area contributed by atoms with Crippen molar-refractivity contribution in [2.75, 3.05) is 0 Å². The molecule has 0 amide bonds. The topological polar surface area (TPSA) is 26.9 Å². The Balaban J connectivity index is 2.68. The largest absolute Gasteiger partial charge is 0.329 e. The third-order valence-corrected chi connectivity index (χ3v) is 4.33. The van der Waals surface area contributed by atoms with Crippen LogP contribution in [0.2, 0.25) is 0 Å².